The fourth-order valence-corrected chi connectivity index (χ4v) is 2.06. The Labute approximate surface area is 114 Å². The molecule has 0 aliphatic rings. The van der Waals surface area contributed by atoms with Crippen LogP contribution >= 0.6 is 0 Å². The zero-order valence-electron chi connectivity index (χ0n) is 12.3. The minimum atomic E-state index is -0.418. The van der Waals surface area contributed by atoms with Crippen molar-refractivity contribution in [3.63, 3.8) is 0 Å². The van der Waals surface area contributed by atoms with Gasteiger partial charge in [-0.3, -0.25) is 0 Å². The lowest BCUT2D eigenvalue weighted by atomic mass is 10.0. The molecule has 0 saturated carbocycles. The smallest absolute Gasteiger partial charge is 0.341 e. The standard InChI is InChI=1S/C14H23N3O2/c1-9(2)6-10(3)17(4)13-12(14(18)19-5)7-11(15)8-16-13/h7-10H,6,15H2,1-5H3. The number of ether oxygens (including phenoxy) is 1. The third-order valence-electron chi connectivity index (χ3n) is 3.10. The molecule has 0 amide bonds. The highest BCUT2D eigenvalue weighted by atomic mass is 16.5. The van der Waals surface area contributed by atoms with Crippen LogP contribution in [0, 0.1) is 5.92 Å². The van der Waals surface area contributed by atoms with Crippen molar-refractivity contribution in [3.05, 3.63) is 17.8 Å². The summed E-state index contributed by atoms with van der Waals surface area (Å²) in [6.45, 7) is 6.45. The highest BCUT2D eigenvalue weighted by molar-refractivity contribution is 5.95. The van der Waals surface area contributed by atoms with Gasteiger partial charge in [0.05, 0.1) is 19.0 Å². The number of aromatic nitrogens is 1. The second kappa shape index (κ2) is 6.41. The number of pyridine rings is 1. The van der Waals surface area contributed by atoms with Gasteiger partial charge in [-0.2, -0.15) is 0 Å². The van der Waals surface area contributed by atoms with E-state index in [1.807, 2.05) is 11.9 Å². The van der Waals surface area contributed by atoms with Crippen molar-refractivity contribution in [2.75, 3.05) is 24.8 Å². The van der Waals surface area contributed by atoms with E-state index >= 15 is 0 Å². The van der Waals surface area contributed by atoms with Crippen molar-refractivity contribution in [2.45, 2.75) is 33.2 Å². The lowest BCUT2D eigenvalue weighted by Crippen LogP contribution is -2.32. The van der Waals surface area contributed by atoms with Crippen LogP contribution < -0.4 is 10.6 Å². The van der Waals surface area contributed by atoms with Gasteiger partial charge in [-0.05, 0) is 25.3 Å². The van der Waals surface area contributed by atoms with Gasteiger partial charge in [-0.25, -0.2) is 9.78 Å². The summed E-state index contributed by atoms with van der Waals surface area (Å²) in [6, 6.07) is 1.88. The van der Waals surface area contributed by atoms with Crippen LogP contribution in [0.1, 0.15) is 37.6 Å². The summed E-state index contributed by atoms with van der Waals surface area (Å²) in [7, 11) is 3.28. The largest absolute Gasteiger partial charge is 0.465 e. The molecule has 5 nitrogen and oxygen atoms in total. The number of anilines is 2. The molecule has 106 valence electrons. The van der Waals surface area contributed by atoms with Crippen LogP contribution in [-0.2, 0) is 4.74 Å². The van der Waals surface area contributed by atoms with Crippen molar-refractivity contribution >= 4 is 17.5 Å². The SMILES string of the molecule is COC(=O)c1cc(N)cnc1N(C)C(C)CC(C)C. The molecule has 19 heavy (non-hydrogen) atoms. The molecule has 0 aromatic carbocycles. The maximum Gasteiger partial charge on any atom is 0.341 e. The number of nitrogen functional groups attached to an aromatic ring is 1. The lowest BCUT2D eigenvalue weighted by molar-refractivity contribution is 0.0601. The normalized spacial score (nSPS) is 12.3. The van der Waals surface area contributed by atoms with E-state index in [9.17, 15) is 4.79 Å². The number of nitrogens with zero attached hydrogens (tertiary/aromatic N) is 2. The van der Waals surface area contributed by atoms with E-state index in [1.54, 1.807) is 12.3 Å². The van der Waals surface area contributed by atoms with Crippen LogP contribution in [0.5, 0.6) is 0 Å². The van der Waals surface area contributed by atoms with Gasteiger partial charge in [-0.15, -0.1) is 0 Å². The molecule has 1 aromatic heterocycles. The predicted octanol–water partition coefficient (Wildman–Crippen LogP) is 2.32. The Morgan fingerprint density at radius 2 is 2.11 bits per heavy atom. The third-order valence-corrected chi connectivity index (χ3v) is 3.10. The molecule has 5 heteroatoms. The van der Waals surface area contributed by atoms with Crippen molar-refractivity contribution < 1.29 is 9.53 Å². The highest BCUT2D eigenvalue weighted by Crippen LogP contribution is 2.23. The Morgan fingerprint density at radius 1 is 1.47 bits per heavy atom. The Bertz CT molecular complexity index is 446. The van der Waals surface area contributed by atoms with E-state index in [-0.39, 0.29) is 6.04 Å². The number of carbonyl (C=O) groups is 1. The average molecular weight is 265 g/mol. The molecule has 1 heterocycles. The molecule has 0 aliphatic heterocycles. The van der Waals surface area contributed by atoms with E-state index in [4.69, 9.17) is 10.5 Å². The second-order valence-electron chi connectivity index (χ2n) is 5.22. The fraction of sp³-hybridized carbons (Fsp3) is 0.571. The minimum Gasteiger partial charge on any atom is -0.465 e. The second-order valence-corrected chi connectivity index (χ2v) is 5.22. The quantitative estimate of drug-likeness (QED) is 0.827. The molecule has 1 rings (SSSR count). The molecule has 1 aromatic rings. The van der Waals surface area contributed by atoms with Gasteiger partial charge in [0.25, 0.3) is 0 Å². The van der Waals surface area contributed by atoms with Crippen LogP contribution in [0.2, 0.25) is 0 Å². The van der Waals surface area contributed by atoms with Crippen LogP contribution in [0.3, 0.4) is 0 Å². The molecule has 0 bridgehead atoms. The summed E-state index contributed by atoms with van der Waals surface area (Å²) in [5.41, 5.74) is 6.54. The van der Waals surface area contributed by atoms with Crippen molar-refractivity contribution in [1.82, 2.24) is 4.98 Å². The molecule has 1 atom stereocenters. The number of rotatable bonds is 5. The van der Waals surface area contributed by atoms with E-state index in [2.05, 4.69) is 25.8 Å². The maximum atomic E-state index is 11.8. The molecule has 1 unspecified atom stereocenters. The number of hydrogen-bond donors (Lipinski definition) is 1. The van der Waals surface area contributed by atoms with E-state index in [0.717, 1.165) is 6.42 Å². The maximum absolute atomic E-state index is 11.8. The minimum absolute atomic E-state index is 0.277. The van der Waals surface area contributed by atoms with Gasteiger partial charge in [-0.1, -0.05) is 13.8 Å². The van der Waals surface area contributed by atoms with E-state index in [0.29, 0.717) is 23.0 Å². The summed E-state index contributed by atoms with van der Waals surface area (Å²) in [5, 5.41) is 0. The Kier molecular flexibility index (Phi) is 5.15. The zero-order valence-corrected chi connectivity index (χ0v) is 12.3. The fourth-order valence-electron chi connectivity index (χ4n) is 2.06. The van der Waals surface area contributed by atoms with Gasteiger partial charge >= 0.3 is 5.97 Å². The van der Waals surface area contributed by atoms with Gasteiger partial charge in [0.15, 0.2) is 0 Å². The number of esters is 1. The number of nitrogens with two attached hydrogens (primary N) is 1. The monoisotopic (exact) mass is 265 g/mol. The van der Waals surface area contributed by atoms with Gasteiger partial charge in [0.2, 0.25) is 0 Å². The van der Waals surface area contributed by atoms with Crippen LogP contribution in [0.15, 0.2) is 12.3 Å². The predicted molar refractivity (Wildman–Crippen MR) is 77.3 cm³/mol. The summed E-state index contributed by atoms with van der Waals surface area (Å²) in [5.74, 6) is 0.764. The Morgan fingerprint density at radius 3 is 2.63 bits per heavy atom. The molecule has 0 spiro atoms. The first-order valence-electron chi connectivity index (χ1n) is 6.43. The number of carbonyl (C=O) groups excluding carboxylic acids is 1. The summed E-state index contributed by atoms with van der Waals surface area (Å²) >= 11 is 0. The first-order chi connectivity index (χ1) is 8.86. The highest BCUT2D eigenvalue weighted by Gasteiger charge is 2.20. The van der Waals surface area contributed by atoms with Gasteiger partial charge in [0.1, 0.15) is 11.4 Å². The number of hydrogen-bond acceptors (Lipinski definition) is 5. The number of methoxy groups -OCH3 is 1. The molecule has 0 radical (unpaired) electrons. The van der Waals surface area contributed by atoms with E-state index < -0.39 is 5.97 Å². The zero-order chi connectivity index (χ0) is 14.6. The average Bonchev–Trinajstić information content (AvgIpc) is 2.36. The molecular formula is C14H23N3O2. The first-order valence-corrected chi connectivity index (χ1v) is 6.43. The Balaban J connectivity index is 3.08. The first kappa shape index (κ1) is 15.3. The molecule has 0 saturated heterocycles. The lowest BCUT2D eigenvalue weighted by Gasteiger charge is -2.28. The van der Waals surface area contributed by atoms with E-state index in [1.165, 1.54) is 7.11 Å². The van der Waals surface area contributed by atoms with Crippen LogP contribution in [0.4, 0.5) is 11.5 Å². The molecule has 2 N–H and O–H groups in total. The van der Waals surface area contributed by atoms with Gasteiger partial charge < -0.3 is 15.4 Å². The van der Waals surface area contributed by atoms with Gasteiger partial charge in [0, 0.05) is 13.1 Å². The molecular weight excluding hydrogens is 242 g/mol. The van der Waals surface area contributed by atoms with Crippen LogP contribution in [-0.4, -0.2) is 31.2 Å². The van der Waals surface area contributed by atoms with Crippen molar-refractivity contribution in [1.29, 1.82) is 0 Å². The molecule has 0 aliphatic carbocycles. The summed E-state index contributed by atoms with van der Waals surface area (Å²) in [4.78, 5) is 18.1. The van der Waals surface area contributed by atoms with Crippen LogP contribution in [0.25, 0.3) is 0 Å². The summed E-state index contributed by atoms with van der Waals surface area (Å²) in [6.07, 6.45) is 2.57. The van der Waals surface area contributed by atoms with Crippen molar-refractivity contribution in [3.8, 4) is 0 Å². The topological polar surface area (TPSA) is 68.5 Å². The van der Waals surface area contributed by atoms with Crippen molar-refractivity contribution in [2.24, 2.45) is 5.92 Å². The summed E-state index contributed by atoms with van der Waals surface area (Å²) < 4.78 is 4.78. The third kappa shape index (κ3) is 3.84. The molecule has 0 fully saturated rings. The Hall–Kier alpha value is -1.78.